The molecule has 1 aromatic heterocycles. The maximum absolute atomic E-state index is 13.1. The highest BCUT2D eigenvalue weighted by Crippen LogP contribution is 2.29. The van der Waals surface area contributed by atoms with Gasteiger partial charge in [0.15, 0.2) is 0 Å². The third kappa shape index (κ3) is 4.85. The first-order valence-electron chi connectivity index (χ1n) is 12.0. The van der Waals surface area contributed by atoms with E-state index < -0.39 is 0 Å². The Kier molecular flexibility index (Phi) is 6.41. The van der Waals surface area contributed by atoms with E-state index in [9.17, 15) is 4.79 Å². The van der Waals surface area contributed by atoms with Gasteiger partial charge in [-0.1, -0.05) is 18.2 Å². The van der Waals surface area contributed by atoms with Crippen molar-refractivity contribution in [1.82, 2.24) is 19.8 Å². The van der Waals surface area contributed by atoms with E-state index in [1.54, 1.807) is 11.9 Å². The quantitative estimate of drug-likeness (QED) is 0.568. The third-order valence-corrected chi connectivity index (χ3v) is 6.72. The van der Waals surface area contributed by atoms with E-state index in [4.69, 9.17) is 0 Å². The van der Waals surface area contributed by atoms with E-state index in [1.165, 1.54) is 5.69 Å². The van der Waals surface area contributed by atoms with Gasteiger partial charge in [0, 0.05) is 75.6 Å². The summed E-state index contributed by atoms with van der Waals surface area (Å²) in [6.07, 6.45) is 1.81. The molecule has 35 heavy (non-hydrogen) atoms. The van der Waals surface area contributed by atoms with Crippen molar-refractivity contribution in [2.45, 2.75) is 13.1 Å². The molecule has 182 valence electrons. The molecule has 9 nitrogen and oxygen atoms in total. The molecule has 0 radical (unpaired) electrons. The number of para-hydroxylation sites is 1. The normalized spacial score (nSPS) is 16.3. The van der Waals surface area contributed by atoms with Gasteiger partial charge < -0.3 is 25.3 Å². The fourth-order valence-electron chi connectivity index (χ4n) is 4.62. The van der Waals surface area contributed by atoms with E-state index in [0.29, 0.717) is 24.9 Å². The number of anilines is 5. The maximum Gasteiger partial charge on any atom is 0.326 e. The summed E-state index contributed by atoms with van der Waals surface area (Å²) < 4.78 is 0. The molecule has 2 aliphatic rings. The van der Waals surface area contributed by atoms with Crippen molar-refractivity contribution in [3.63, 3.8) is 0 Å². The summed E-state index contributed by atoms with van der Waals surface area (Å²) in [7, 11) is 5.81. The van der Waals surface area contributed by atoms with Crippen LogP contribution in [0.4, 0.5) is 33.6 Å². The van der Waals surface area contributed by atoms with Gasteiger partial charge in [-0.2, -0.15) is 4.98 Å². The molecule has 0 spiro atoms. The molecule has 3 aromatic rings. The number of amides is 2. The first-order valence-corrected chi connectivity index (χ1v) is 12.0. The van der Waals surface area contributed by atoms with Crippen molar-refractivity contribution < 1.29 is 4.79 Å². The predicted octanol–water partition coefficient (Wildman–Crippen LogP) is 3.59. The second-order valence-corrected chi connectivity index (χ2v) is 9.11. The maximum atomic E-state index is 13.1. The third-order valence-electron chi connectivity index (χ3n) is 6.72. The smallest absolute Gasteiger partial charge is 0.326 e. The van der Waals surface area contributed by atoms with Gasteiger partial charge in [-0.05, 0) is 42.9 Å². The van der Waals surface area contributed by atoms with Crippen LogP contribution in [0.1, 0.15) is 11.1 Å². The molecule has 0 bridgehead atoms. The molecule has 9 heteroatoms. The lowest BCUT2D eigenvalue weighted by Gasteiger charge is -2.34. The molecule has 0 aliphatic carbocycles. The van der Waals surface area contributed by atoms with Crippen molar-refractivity contribution in [2.24, 2.45) is 0 Å². The Morgan fingerprint density at radius 3 is 2.46 bits per heavy atom. The molecule has 0 atom stereocenters. The number of carbonyl (C=O) groups is 1. The zero-order chi connectivity index (χ0) is 24.4. The van der Waals surface area contributed by atoms with Gasteiger partial charge in [0.2, 0.25) is 5.95 Å². The van der Waals surface area contributed by atoms with Crippen molar-refractivity contribution in [3.05, 3.63) is 65.9 Å². The van der Waals surface area contributed by atoms with Crippen LogP contribution >= 0.6 is 0 Å². The van der Waals surface area contributed by atoms with Crippen LogP contribution in [0.5, 0.6) is 0 Å². The van der Waals surface area contributed by atoms with E-state index in [2.05, 4.69) is 49.6 Å². The van der Waals surface area contributed by atoms with Crippen LogP contribution in [0.25, 0.3) is 0 Å². The Morgan fingerprint density at radius 2 is 1.71 bits per heavy atom. The highest BCUT2D eigenvalue weighted by Gasteiger charge is 2.30. The van der Waals surface area contributed by atoms with Crippen molar-refractivity contribution in [1.29, 1.82) is 0 Å². The van der Waals surface area contributed by atoms with Crippen molar-refractivity contribution in [2.75, 3.05) is 67.8 Å². The minimum absolute atomic E-state index is 0.0791. The summed E-state index contributed by atoms with van der Waals surface area (Å²) >= 11 is 0. The molecule has 3 heterocycles. The summed E-state index contributed by atoms with van der Waals surface area (Å²) in [5, 5.41) is 6.48. The number of nitrogens with zero attached hydrogens (tertiary/aromatic N) is 6. The first kappa shape index (κ1) is 22.9. The molecule has 0 saturated carbocycles. The van der Waals surface area contributed by atoms with E-state index in [1.807, 2.05) is 54.5 Å². The summed E-state index contributed by atoms with van der Waals surface area (Å²) in [4.78, 5) is 30.5. The lowest BCUT2D eigenvalue weighted by atomic mass is 10.1. The Labute approximate surface area is 206 Å². The molecule has 5 rings (SSSR count). The molecular formula is C26H32N8O. The van der Waals surface area contributed by atoms with Gasteiger partial charge in [-0.15, -0.1) is 0 Å². The minimum atomic E-state index is -0.0791. The van der Waals surface area contributed by atoms with Crippen LogP contribution in [0.15, 0.2) is 54.7 Å². The van der Waals surface area contributed by atoms with Gasteiger partial charge in [-0.25, -0.2) is 9.78 Å². The number of hydrogen-bond donors (Lipinski definition) is 2. The van der Waals surface area contributed by atoms with Crippen molar-refractivity contribution in [3.8, 4) is 0 Å². The fraction of sp³-hybridized carbons (Fsp3) is 0.346. The van der Waals surface area contributed by atoms with E-state index in [-0.39, 0.29) is 6.03 Å². The zero-order valence-electron chi connectivity index (χ0n) is 20.5. The Balaban J connectivity index is 1.28. The molecule has 2 aromatic carbocycles. The lowest BCUT2D eigenvalue weighted by Crippen LogP contribution is -2.45. The predicted molar refractivity (Wildman–Crippen MR) is 141 cm³/mol. The second-order valence-electron chi connectivity index (χ2n) is 9.11. The summed E-state index contributed by atoms with van der Waals surface area (Å²) in [6.45, 7) is 5.21. The van der Waals surface area contributed by atoms with Crippen LogP contribution in [0, 0.1) is 0 Å². The number of rotatable bonds is 6. The topological polar surface area (TPSA) is 79.9 Å². The van der Waals surface area contributed by atoms with Crippen LogP contribution in [0.3, 0.4) is 0 Å². The number of hydrogen-bond acceptors (Lipinski definition) is 7. The highest BCUT2D eigenvalue weighted by molar-refractivity contribution is 5.93. The minimum Gasteiger partial charge on any atom is -0.388 e. The number of aromatic nitrogens is 2. The van der Waals surface area contributed by atoms with Gasteiger partial charge in [0.25, 0.3) is 0 Å². The van der Waals surface area contributed by atoms with Crippen LogP contribution in [-0.2, 0) is 13.1 Å². The monoisotopic (exact) mass is 472 g/mol. The number of carbonyl (C=O) groups excluding carboxylic acids is 1. The average molecular weight is 473 g/mol. The number of piperazine rings is 1. The second kappa shape index (κ2) is 9.79. The SMILES string of the molecule is CNc1ccccc1CN1Cc2cnc(Nc3ccc(N4CCN(C)CC4)cc3)nc2N(C)C1=O. The average Bonchev–Trinajstić information content (AvgIpc) is 2.89. The Morgan fingerprint density at radius 1 is 0.971 bits per heavy atom. The summed E-state index contributed by atoms with van der Waals surface area (Å²) in [5.74, 6) is 1.12. The largest absolute Gasteiger partial charge is 0.388 e. The lowest BCUT2D eigenvalue weighted by molar-refractivity contribution is 0.196. The molecule has 1 saturated heterocycles. The molecule has 0 unspecified atom stereocenters. The Hall–Kier alpha value is -3.85. The van der Waals surface area contributed by atoms with Gasteiger partial charge >= 0.3 is 6.03 Å². The number of nitrogens with one attached hydrogen (secondary N) is 2. The number of urea groups is 1. The fourth-order valence-corrected chi connectivity index (χ4v) is 4.62. The van der Waals surface area contributed by atoms with Crippen LogP contribution in [-0.4, -0.2) is 73.1 Å². The number of likely N-dealkylation sites (N-methyl/N-ethyl adjacent to an activating group) is 1. The molecule has 1 fully saturated rings. The first-order chi connectivity index (χ1) is 17.0. The van der Waals surface area contributed by atoms with Crippen LogP contribution in [0.2, 0.25) is 0 Å². The molecule has 2 aliphatic heterocycles. The summed E-state index contributed by atoms with van der Waals surface area (Å²) in [6, 6.07) is 16.3. The van der Waals surface area contributed by atoms with Gasteiger partial charge in [-0.3, -0.25) is 4.90 Å². The molecule has 2 N–H and O–H groups in total. The molecule has 2 amide bonds. The Bertz CT molecular complexity index is 1190. The zero-order valence-corrected chi connectivity index (χ0v) is 20.5. The van der Waals surface area contributed by atoms with Crippen molar-refractivity contribution >= 4 is 34.9 Å². The number of fused-ring (bicyclic) bond motifs is 1. The van der Waals surface area contributed by atoms with Gasteiger partial charge in [0.1, 0.15) is 5.82 Å². The van der Waals surface area contributed by atoms with Gasteiger partial charge in [0.05, 0.1) is 6.54 Å². The summed E-state index contributed by atoms with van der Waals surface area (Å²) in [5.41, 5.74) is 5.14. The number of benzene rings is 2. The molecular weight excluding hydrogens is 440 g/mol. The van der Waals surface area contributed by atoms with E-state index in [0.717, 1.165) is 48.7 Å². The van der Waals surface area contributed by atoms with Crippen LogP contribution < -0.4 is 20.4 Å². The van der Waals surface area contributed by atoms with E-state index >= 15 is 0 Å². The standard InChI is InChI=1S/C26H32N8O/c1-27-23-7-5-4-6-19(23)17-34-18-20-16-28-25(30-24(20)32(3)26(34)35)29-21-8-10-22(11-9-21)33-14-12-31(2)13-15-33/h4-11,16,27H,12-15,17-18H2,1-3H3,(H,28,29,30). The highest BCUT2D eigenvalue weighted by atomic mass is 16.2.